The lowest BCUT2D eigenvalue weighted by Gasteiger charge is -2.25. The van der Waals surface area contributed by atoms with E-state index >= 15 is 0 Å². The Hall–Kier alpha value is -2.42. The monoisotopic (exact) mass is 425 g/mol. The Morgan fingerprint density at radius 3 is 2.77 bits per heavy atom. The van der Waals surface area contributed by atoms with Crippen molar-refractivity contribution in [1.82, 2.24) is 15.1 Å². The van der Waals surface area contributed by atoms with Crippen LogP contribution in [0.4, 0.5) is 13.2 Å². The third kappa shape index (κ3) is 6.29. The molecule has 6 nitrogen and oxygen atoms in total. The van der Waals surface area contributed by atoms with E-state index < -0.39 is 11.7 Å². The lowest BCUT2D eigenvalue weighted by Crippen LogP contribution is -2.38. The molecule has 3 rings (SSSR count). The van der Waals surface area contributed by atoms with Crippen LogP contribution in [0.3, 0.4) is 0 Å². The molecule has 1 atom stereocenters. The smallest absolute Gasteiger partial charge is 0.416 e. The van der Waals surface area contributed by atoms with Crippen molar-refractivity contribution in [1.29, 1.82) is 0 Å². The average molecular weight is 425 g/mol. The molecule has 0 spiro atoms. The molecule has 1 fully saturated rings. The zero-order valence-corrected chi connectivity index (χ0v) is 17.0. The molecule has 0 aliphatic carbocycles. The van der Waals surface area contributed by atoms with Crippen molar-refractivity contribution < 1.29 is 27.1 Å². The quantitative estimate of drug-likeness (QED) is 0.607. The van der Waals surface area contributed by atoms with Crippen LogP contribution in [-0.4, -0.2) is 46.8 Å². The summed E-state index contributed by atoms with van der Waals surface area (Å²) in [6, 6.07) is 5.02. The number of amides is 1. The summed E-state index contributed by atoms with van der Waals surface area (Å²) >= 11 is 0. The molecule has 0 unspecified atom stereocenters. The molecule has 1 aromatic heterocycles. The average Bonchev–Trinajstić information content (AvgIpc) is 3.37. The lowest BCUT2D eigenvalue weighted by molar-refractivity contribution is -0.137. The molecule has 9 heteroatoms. The van der Waals surface area contributed by atoms with Gasteiger partial charge in [-0.25, -0.2) is 0 Å². The molecule has 0 saturated carbocycles. The molecule has 1 aliphatic heterocycles. The number of halogens is 3. The van der Waals surface area contributed by atoms with Crippen LogP contribution in [0.2, 0.25) is 0 Å². The molecular formula is C21H26F3N3O3. The highest BCUT2D eigenvalue weighted by Gasteiger charge is 2.30. The molecule has 1 aliphatic rings. The molecule has 0 radical (unpaired) electrons. The first kappa shape index (κ1) is 22.3. The Morgan fingerprint density at radius 2 is 2.07 bits per heavy atom. The number of benzene rings is 1. The third-order valence-electron chi connectivity index (χ3n) is 4.97. The van der Waals surface area contributed by atoms with E-state index in [1.54, 1.807) is 6.07 Å². The summed E-state index contributed by atoms with van der Waals surface area (Å²) in [5.41, 5.74) is -0.283. The number of hydrogen-bond donors (Lipinski definition) is 0. The number of aromatic nitrogens is 2. The fourth-order valence-corrected chi connectivity index (χ4v) is 3.49. The van der Waals surface area contributed by atoms with E-state index in [4.69, 9.17) is 9.15 Å². The van der Waals surface area contributed by atoms with Gasteiger partial charge in [-0.05, 0) is 30.9 Å². The maximum atomic E-state index is 12.8. The molecule has 0 N–H and O–H groups in total. The van der Waals surface area contributed by atoms with Crippen LogP contribution in [-0.2, 0) is 28.5 Å². The number of ether oxygens (including phenoxy) is 1. The minimum Gasteiger partial charge on any atom is -0.425 e. The van der Waals surface area contributed by atoms with Crippen LogP contribution < -0.4 is 0 Å². The Morgan fingerprint density at radius 1 is 1.27 bits per heavy atom. The Kier molecular flexibility index (Phi) is 7.47. The lowest BCUT2D eigenvalue weighted by atomic mass is 10.1. The van der Waals surface area contributed by atoms with Crippen molar-refractivity contribution in [3.05, 3.63) is 47.2 Å². The first-order chi connectivity index (χ1) is 14.3. The predicted molar refractivity (Wildman–Crippen MR) is 103 cm³/mol. The van der Waals surface area contributed by atoms with E-state index in [1.807, 2.05) is 11.8 Å². The van der Waals surface area contributed by atoms with E-state index in [2.05, 4.69) is 10.2 Å². The van der Waals surface area contributed by atoms with Gasteiger partial charge in [0.2, 0.25) is 17.7 Å². The molecule has 1 amide bonds. The van der Waals surface area contributed by atoms with Gasteiger partial charge in [0.1, 0.15) is 0 Å². The highest BCUT2D eigenvalue weighted by Crippen LogP contribution is 2.30. The zero-order valence-electron chi connectivity index (χ0n) is 17.0. The first-order valence-corrected chi connectivity index (χ1v) is 10.2. The number of aryl methyl sites for hydroxylation is 1. The van der Waals surface area contributed by atoms with Gasteiger partial charge < -0.3 is 14.1 Å². The van der Waals surface area contributed by atoms with Crippen molar-refractivity contribution in [2.45, 2.75) is 57.7 Å². The van der Waals surface area contributed by atoms with Gasteiger partial charge in [0.25, 0.3) is 0 Å². The van der Waals surface area contributed by atoms with Crippen LogP contribution in [0.1, 0.15) is 55.5 Å². The zero-order chi connectivity index (χ0) is 21.6. The van der Waals surface area contributed by atoms with Crippen LogP contribution in [0.5, 0.6) is 0 Å². The maximum Gasteiger partial charge on any atom is 0.416 e. The van der Waals surface area contributed by atoms with E-state index in [0.717, 1.165) is 38.0 Å². The Labute approximate surface area is 173 Å². The topological polar surface area (TPSA) is 68.5 Å². The summed E-state index contributed by atoms with van der Waals surface area (Å²) in [7, 11) is 0. The van der Waals surface area contributed by atoms with Gasteiger partial charge in [0.15, 0.2) is 0 Å². The second-order valence-electron chi connectivity index (χ2n) is 7.44. The number of alkyl halides is 3. The number of carbonyl (C=O) groups excluding carboxylic acids is 1. The standard InChI is InChI=1S/C21H26F3N3O3/c1-2-10-27(14-17-7-4-11-29-17)20(28)9-8-18-25-26-19(30-18)13-15-5-3-6-16(12-15)21(22,23)24/h3,5-6,12,17H,2,4,7-11,13-14H2,1H3/t17-/m1/s1. The second kappa shape index (κ2) is 10.1. The SMILES string of the molecule is CCCN(C[C@H]1CCCO1)C(=O)CCc1nnc(Cc2cccc(C(F)(F)F)c2)o1. The highest BCUT2D eigenvalue weighted by molar-refractivity contribution is 5.76. The van der Waals surface area contributed by atoms with Crippen molar-refractivity contribution in [3.8, 4) is 0 Å². The highest BCUT2D eigenvalue weighted by atomic mass is 19.4. The molecular weight excluding hydrogens is 399 g/mol. The second-order valence-corrected chi connectivity index (χ2v) is 7.44. The van der Waals surface area contributed by atoms with Crippen LogP contribution in [0.15, 0.2) is 28.7 Å². The largest absolute Gasteiger partial charge is 0.425 e. The number of carbonyl (C=O) groups is 1. The molecule has 30 heavy (non-hydrogen) atoms. The van der Waals surface area contributed by atoms with Gasteiger partial charge in [0.05, 0.1) is 18.1 Å². The molecule has 1 saturated heterocycles. The van der Waals surface area contributed by atoms with Crippen molar-refractivity contribution in [2.24, 2.45) is 0 Å². The summed E-state index contributed by atoms with van der Waals surface area (Å²) in [5, 5.41) is 7.83. The number of rotatable bonds is 9. The van der Waals surface area contributed by atoms with Gasteiger partial charge in [-0.15, -0.1) is 10.2 Å². The van der Waals surface area contributed by atoms with Crippen molar-refractivity contribution in [2.75, 3.05) is 19.7 Å². The van der Waals surface area contributed by atoms with Gasteiger partial charge in [-0.3, -0.25) is 4.79 Å². The minimum atomic E-state index is -4.40. The number of nitrogens with zero attached hydrogens (tertiary/aromatic N) is 3. The summed E-state index contributed by atoms with van der Waals surface area (Å²) in [6.45, 7) is 4.03. The fraction of sp³-hybridized carbons (Fsp3) is 0.571. The third-order valence-corrected chi connectivity index (χ3v) is 4.97. The number of hydrogen-bond acceptors (Lipinski definition) is 5. The van der Waals surface area contributed by atoms with Gasteiger partial charge in [0, 0.05) is 32.5 Å². The van der Waals surface area contributed by atoms with E-state index in [9.17, 15) is 18.0 Å². The Balaban J connectivity index is 1.54. The fourth-order valence-electron chi connectivity index (χ4n) is 3.49. The summed E-state index contributed by atoms with van der Waals surface area (Å²) in [6.07, 6.45) is -0.817. The summed E-state index contributed by atoms with van der Waals surface area (Å²) in [5.74, 6) is 0.533. The minimum absolute atomic E-state index is 0.00461. The first-order valence-electron chi connectivity index (χ1n) is 10.2. The van der Waals surface area contributed by atoms with Crippen LogP contribution in [0, 0.1) is 0 Å². The predicted octanol–water partition coefficient (Wildman–Crippen LogP) is 4.03. The maximum absolute atomic E-state index is 12.8. The van der Waals surface area contributed by atoms with Gasteiger partial charge in [-0.2, -0.15) is 13.2 Å². The van der Waals surface area contributed by atoms with Crippen LogP contribution >= 0.6 is 0 Å². The molecule has 164 valence electrons. The summed E-state index contributed by atoms with van der Waals surface area (Å²) < 4.78 is 49.7. The van der Waals surface area contributed by atoms with E-state index in [0.29, 0.717) is 31.0 Å². The van der Waals surface area contributed by atoms with Crippen molar-refractivity contribution >= 4 is 5.91 Å². The van der Waals surface area contributed by atoms with Crippen molar-refractivity contribution in [3.63, 3.8) is 0 Å². The van der Waals surface area contributed by atoms with E-state index in [1.165, 1.54) is 6.07 Å². The van der Waals surface area contributed by atoms with E-state index in [-0.39, 0.29) is 30.7 Å². The summed E-state index contributed by atoms with van der Waals surface area (Å²) in [4.78, 5) is 14.4. The molecule has 1 aromatic carbocycles. The van der Waals surface area contributed by atoms with Crippen LogP contribution in [0.25, 0.3) is 0 Å². The molecule has 2 aromatic rings. The molecule has 2 heterocycles. The van der Waals surface area contributed by atoms with Gasteiger partial charge in [-0.1, -0.05) is 25.1 Å². The normalized spacial score (nSPS) is 16.7. The Bertz CT molecular complexity index is 832. The van der Waals surface area contributed by atoms with Gasteiger partial charge >= 0.3 is 6.18 Å². The molecule has 0 bridgehead atoms.